The lowest BCUT2D eigenvalue weighted by Crippen LogP contribution is -2.50. The molecule has 5 nitrogen and oxygen atoms in total. The topological polar surface area (TPSA) is 51.7 Å². The van der Waals surface area contributed by atoms with Crippen LogP contribution in [0.1, 0.15) is 32.6 Å². The average Bonchev–Trinajstić information content (AvgIpc) is 2.96. The van der Waals surface area contributed by atoms with Crippen LogP contribution in [0.3, 0.4) is 0 Å². The lowest BCUT2D eigenvalue weighted by atomic mass is 9.98. The lowest BCUT2D eigenvalue weighted by Gasteiger charge is -2.36. The van der Waals surface area contributed by atoms with Crippen LogP contribution in [0.25, 0.3) is 0 Å². The van der Waals surface area contributed by atoms with Gasteiger partial charge in [0.2, 0.25) is 0 Å². The minimum atomic E-state index is -0.598. The number of amides is 1. The Hall–Kier alpha value is -1.62. The summed E-state index contributed by atoms with van der Waals surface area (Å²) < 4.78 is 11.6. The maximum atomic E-state index is 12.5. The molecule has 21 heavy (non-hydrogen) atoms. The Labute approximate surface area is 125 Å². The van der Waals surface area contributed by atoms with Crippen LogP contribution in [-0.4, -0.2) is 47.2 Å². The predicted molar refractivity (Wildman–Crippen MR) is 78.1 cm³/mol. The van der Waals surface area contributed by atoms with Crippen LogP contribution in [0.4, 0.5) is 0 Å². The van der Waals surface area contributed by atoms with Crippen molar-refractivity contribution >= 4 is 5.91 Å². The molecule has 1 amide bonds. The highest BCUT2D eigenvalue weighted by molar-refractivity contribution is 5.85. The molecule has 0 spiro atoms. The van der Waals surface area contributed by atoms with E-state index in [-0.39, 0.29) is 12.0 Å². The molecular weight excluding hydrogens is 268 g/mol. The molecule has 114 valence electrons. The van der Waals surface area contributed by atoms with E-state index in [1.807, 2.05) is 24.0 Å². The number of hydrogen-bond donors (Lipinski definition) is 0. The Morgan fingerprint density at radius 3 is 2.71 bits per heavy atom. The summed E-state index contributed by atoms with van der Waals surface area (Å²) in [6.07, 6.45) is 7.17. The number of piperidine rings is 1. The molecule has 2 aliphatic rings. The van der Waals surface area contributed by atoms with Crippen molar-refractivity contribution in [2.24, 2.45) is 0 Å². The largest absolute Gasteiger partial charge is 0.490 e. The highest BCUT2D eigenvalue weighted by atomic mass is 16.5. The summed E-state index contributed by atoms with van der Waals surface area (Å²) >= 11 is 0. The first-order valence-corrected chi connectivity index (χ1v) is 7.67. The minimum Gasteiger partial charge on any atom is -0.490 e. The zero-order chi connectivity index (χ0) is 14.7. The molecule has 0 aliphatic carbocycles. The number of nitrogens with zero attached hydrogens (tertiary/aromatic N) is 2. The summed E-state index contributed by atoms with van der Waals surface area (Å²) in [6, 6.07) is 3.73. The quantitative estimate of drug-likeness (QED) is 0.854. The first kappa shape index (κ1) is 14.3. The van der Waals surface area contributed by atoms with E-state index in [0.29, 0.717) is 6.61 Å². The fourth-order valence-corrected chi connectivity index (χ4v) is 3.07. The number of carbonyl (C=O) groups excluding carboxylic acids is 1. The van der Waals surface area contributed by atoms with E-state index in [0.717, 1.165) is 44.5 Å². The van der Waals surface area contributed by atoms with Crippen molar-refractivity contribution in [1.82, 2.24) is 9.88 Å². The summed E-state index contributed by atoms with van der Waals surface area (Å²) in [5, 5.41) is 0. The molecule has 5 heteroatoms. The standard InChI is InChI=1S/C16H22N2O3/c1-16(7-2-12-20-16)15(19)18-10-5-14(6-11-18)21-13-3-8-17-9-4-13/h3-4,8-9,14H,2,5-7,10-12H2,1H3/t16-/m0/s1. The highest BCUT2D eigenvalue weighted by Crippen LogP contribution is 2.29. The molecule has 0 N–H and O–H groups in total. The highest BCUT2D eigenvalue weighted by Gasteiger charge is 2.41. The van der Waals surface area contributed by atoms with Gasteiger partial charge in [-0.3, -0.25) is 9.78 Å². The van der Waals surface area contributed by atoms with Crippen molar-refractivity contribution in [3.05, 3.63) is 24.5 Å². The Morgan fingerprint density at radius 1 is 1.38 bits per heavy atom. The zero-order valence-electron chi connectivity index (χ0n) is 12.5. The number of ether oxygens (including phenoxy) is 2. The molecule has 0 saturated carbocycles. The van der Waals surface area contributed by atoms with E-state index in [2.05, 4.69) is 4.98 Å². The molecule has 0 radical (unpaired) electrons. The first-order chi connectivity index (χ1) is 10.2. The molecule has 0 unspecified atom stereocenters. The third kappa shape index (κ3) is 3.18. The van der Waals surface area contributed by atoms with Crippen molar-refractivity contribution in [1.29, 1.82) is 0 Å². The molecule has 3 rings (SSSR count). The Morgan fingerprint density at radius 2 is 2.10 bits per heavy atom. The van der Waals surface area contributed by atoms with Gasteiger partial charge in [0.1, 0.15) is 17.5 Å². The average molecular weight is 290 g/mol. The molecular formula is C16H22N2O3. The van der Waals surface area contributed by atoms with E-state index in [4.69, 9.17) is 9.47 Å². The number of likely N-dealkylation sites (tertiary alicyclic amines) is 1. The normalized spacial score (nSPS) is 26.8. The zero-order valence-corrected chi connectivity index (χ0v) is 12.5. The fraction of sp³-hybridized carbons (Fsp3) is 0.625. The smallest absolute Gasteiger partial charge is 0.254 e. The van der Waals surface area contributed by atoms with E-state index >= 15 is 0 Å². The van der Waals surface area contributed by atoms with Crippen LogP contribution in [0.5, 0.6) is 5.75 Å². The second-order valence-electron chi connectivity index (χ2n) is 5.98. The number of carbonyl (C=O) groups is 1. The van der Waals surface area contributed by atoms with Gasteiger partial charge in [0.05, 0.1) is 0 Å². The summed E-state index contributed by atoms with van der Waals surface area (Å²) in [6.45, 7) is 4.10. The van der Waals surface area contributed by atoms with E-state index in [1.165, 1.54) is 0 Å². The summed E-state index contributed by atoms with van der Waals surface area (Å²) in [7, 11) is 0. The monoisotopic (exact) mass is 290 g/mol. The minimum absolute atomic E-state index is 0.141. The molecule has 0 bridgehead atoms. The third-order valence-corrected chi connectivity index (χ3v) is 4.35. The molecule has 1 atom stereocenters. The molecule has 1 aromatic rings. The van der Waals surface area contributed by atoms with Crippen LogP contribution < -0.4 is 4.74 Å². The second-order valence-corrected chi connectivity index (χ2v) is 5.98. The third-order valence-electron chi connectivity index (χ3n) is 4.35. The van der Waals surface area contributed by atoms with Crippen molar-refractivity contribution in [3.8, 4) is 5.75 Å². The summed E-state index contributed by atoms with van der Waals surface area (Å²) in [5.41, 5.74) is -0.598. The number of hydrogen-bond acceptors (Lipinski definition) is 4. The van der Waals surface area contributed by atoms with Gasteiger partial charge >= 0.3 is 0 Å². The van der Waals surface area contributed by atoms with Crippen molar-refractivity contribution in [2.75, 3.05) is 19.7 Å². The lowest BCUT2D eigenvalue weighted by molar-refractivity contribution is -0.152. The predicted octanol–water partition coefficient (Wildman–Crippen LogP) is 2.02. The Kier molecular flexibility index (Phi) is 4.10. The fourth-order valence-electron chi connectivity index (χ4n) is 3.07. The maximum Gasteiger partial charge on any atom is 0.254 e. The van der Waals surface area contributed by atoms with Gasteiger partial charge in [-0.1, -0.05) is 0 Å². The van der Waals surface area contributed by atoms with Crippen LogP contribution in [-0.2, 0) is 9.53 Å². The molecule has 3 heterocycles. The molecule has 2 saturated heterocycles. The molecule has 2 aliphatic heterocycles. The van der Waals surface area contributed by atoms with Crippen molar-refractivity contribution in [3.63, 3.8) is 0 Å². The van der Waals surface area contributed by atoms with E-state index < -0.39 is 5.60 Å². The van der Waals surface area contributed by atoms with Crippen LogP contribution >= 0.6 is 0 Å². The Balaban J connectivity index is 1.52. The summed E-state index contributed by atoms with van der Waals surface area (Å²) in [4.78, 5) is 18.4. The summed E-state index contributed by atoms with van der Waals surface area (Å²) in [5.74, 6) is 0.989. The van der Waals surface area contributed by atoms with E-state index in [9.17, 15) is 4.79 Å². The van der Waals surface area contributed by atoms with E-state index in [1.54, 1.807) is 12.4 Å². The Bertz CT molecular complexity index is 478. The van der Waals surface area contributed by atoms with Gasteiger partial charge in [0.15, 0.2) is 0 Å². The molecule has 2 fully saturated rings. The van der Waals surface area contributed by atoms with Gasteiger partial charge in [-0.2, -0.15) is 0 Å². The van der Waals surface area contributed by atoms with Gasteiger partial charge in [-0.15, -0.1) is 0 Å². The molecule has 0 aromatic carbocycles. The van der Waals surface area contributed by atoms with Gasteiger partial charge < -0.3 is 14.4 Å². The van der Waals surface area contributed by atoms with Crippen LogP contribution in [0.15, 0.2) is 24.5 Å². The van der Waals surface area contributed by atoms with Gasteiger partial charge in [0.25, 0.3) is 5.91 Å². The first-order valence-electron chi connectivity index (χ1n) is 7.67. The van der Waals surface area contributed by atoms with Crippen LogP contribution in [0, 0.1) is 0 Å². The number of aromatic nitrogens is 1. The van der Waals surface area contributed by atoms with Crippen molar-refractivity contribution < 1.29 is 14.3 Å². The van der Waals surface area contributed by atoms with Gasteiger partial charge in [-0.25, -0.2) is 0 Å². The molecule has 1 aromatic heterocycles. The van der Waals surface area contributed by atoms with Crippen molar-refractivity contribution in [2.45, 2.75) is 44.3 Å². The maximum absolute atomic E-state index is 12.5. The SMILES string of the molecule is C[C@@]1(C(=O)N2CCC(Oc3ccncc3)CC2)CCCO1. The van der Waals surface area contributed by atoms with Gasteiger partial charge in [0, 0.05) is 44.9 Å². The van der Waals surface area contributed by atoms with Gasteiger partial charge in [-0.05, 0) is 31.9 Å². The second kappa shape index (κ2) is 6.02. The van der Waals surface area contributed by atoms with Crippen LogP contribution in [0.2, 0.25) is 0 Å². The number of rotatable bonds is 3. The number of pyridine rings is 1.